The number of benzene rings is 2. The molecule has 0 saturated heterocycles. The van der Waals surface area contributed by atoms with Crippen LogP contribution in [0.2, 0.25) is 0 Å². The standard InChI is InChI=1S/C16H15F2O4P/c1-21-23(20,22-2)16(17,18)14-10-8-13(9-11-14)15(19)12-6-4-3-5-7-12/h3-11H,1-2H3. The molecule has 0 amide bonds. The van der Waals surface area contributed by atoms with Gasteiger partial charge in [-0.05, 0) is 0 Å². The number of hydrogen-bond acceptors (Lipinski definition) is 4. The second kappa shape index (κ2) is 6.71. The third-order valence-corrected chi connectivity index (χ3v) is 5.26. The Bertz CT molecular complexity index is 722. The average Bonchev–Trinajstić information content (AvgIpc) is 2.61. The summed E-state index contributed by atoms with van der Waals surface area (Å²) < 4.78 is 49.2. The maximum absolute atomic E-state index is 14.3. The second-order valence-electron chi connectivity index (χ2n) is 4.68. The summed E-state index contributed by atoms with van der Waals surface area (Å²) in [5.74, 6) is -0.290. The predicted octanol–water partition coefficient (Wildman–Crippen LogP) is 4.45. The molecular formula is C16H15F2O4P. The van der Waals surface area contributed by atoms with Crippen molar-refractivity contribution in [1.29, 1.82) is 0 Å². The van der Waals surface area contributed by atoms with E-state index in [0.29, 0.717) is 5.56 Å². The zero-order chi connectivity index (χ0) is 17.1. The maximum atomic E-state index is 14.3. The minimum absolute atomic E-state index is 0.250. The molecule has 0 fully saturated rings. The minimum Gasteiger partial charge on any atom is -0.308 e. The van der Waals surface area contributed by atoms with Crippen LogP contribution in [0, 0.1) is 0 Å². The molecule has 0 bridgehead atoms. The lowest BCUT2D eigenvalue weighted by Gasteiger charge is -2.23. The van der Waals surface area contributed by atoms with Gasteiger partial charge >= 0.3 is 13.3 Å². The summed E-state index contributed by atoms with van der Waals surface area (Å²) in [7, 11) is -2.83. The van der Waals surface area contributed by atoms with Gasteiger partial charge in [0.2, 0.25) is 0 Å². The fraction of sp³-hybridized carbons (Fsp3) is 0.188. The van der Waals surface area contributed by atoms with Gasteiger partial charge < -0.3 is 9.05 Å². The number of hydrogen-bond donors (Lipinski definition) is 0. The van der Waals surface area contributed by atoms with Crippen LogP contribution >= 0.6 is 7.60 Å². The summed E-state index contributed by atoms with van der Waals surface area (Å²) in [6.45, 7) is 0. The SMILES string of the molecule is COP(=O)(OC)C(F)(F)c1ccc(C(=O)c2ccccc2)cc1. The number of carbonyl (C=O) groups is 1. The van der Waals surface area contributed by atoms with Crippen molar-refractivity contribution < 1.29 is 27.2 Å². The highest BCUT2D eigenvalue weighted by Crippen LogP contribution is 2.65. The molecule has 0 unspecified atom stereocenters. The van der Waals surface area contributed by atoms with Gasteiger partial charge in [-0.1, -0.05) is 54.6 Å². The summed E-state index contributed by atoms with van der Waals surface area (Å²) >= 11 is 0. The van der Waals surface area contributed by atoms with Crippen molar-refractivity contribution in [3.05, 3.63) is 71.3 Å². The van der Waals surface area contributed by atoms with E-state index in [1.807, 2.05) is 0 Å². The van der Waals surface area contributed by atoms with Crippen molar-refractivity contribution in [2.75, 3.05) is 14.2 Å². The third kappa shape index (κ3) is 3.24. The molecule has 2 aromatic rings. The zero-order valence-electron chi connectivity index (χ0n) is 12.5. The topological polar surface area (TPSA) is 52.6 Å². The van der Waals surface area contributed by atoms with Crippen LogP contribution in [0.4, 0.5) is 8.78 Å². The highest BCUT2D eigenvalue weighted by molar-refractivity contribution is 7.54. The largest absolute Gasteiger partial charge is 0.403 e. The Balaban J connectivity index is 2.33. The fourth-order valence-corrected chi connectivity index (χ4v) is 3.11. The lowest BCUT2D eigenvalue weighted by molar-refractivity contribution is 0.0453. The third-order valence-electron chi connectivity index (χ3n) is 3.36. The molecule has 2 rings (SSSR count). The molecule has 0 N–H and O–H groups in total. The van der Waals surface area contributed by atoms with Crippen molar-refractivity contribution in [1.82, 2.24) is 0 Å². The summed E-state index contributed by atoms with van der Waals surface area (Å²) in [5, 5.41) is 0. The lowest BCUT2D eigenvalue weighted by Crippen LogP contribution is -2.16. The predicted molar refractivity (Wildman–Crippen MR) is 81.8 cm³/mol. The van der Waals surface area contributed by atoms with Gasteiger partial charge in [-0.3, -0.25) is 9.36 Å². The van der Waals surface area contributed by atoms with E-state index in [2.05, 4.69) is 9.05 Å². The summed E-state index contributed by atoms with van der Waals surface area (Å²) in [6, 6.07) is 13.1. The molecule has 0 heterocycles. The van der Waals surface area contributed by atoms with Gasteiger partial charge in [-0.25, -0.2) is 0 Å². The number of halogens is 2. The Morgan fingerprint density at radius 3 is 1.87 bits per heavy atom. The van der Waals surface area contributed by atoms with E-state index < -0.39 is 18.8 Å². The number of ketones is 1. The first-order valence-electron chi connectivity index (χ1n) is 6.65. The molecule has 7 heteroatoms. The first-order chi connectivity index (χ1) is 10.9. The Morgan fingerprint density at radius 1 is 0.913 bits per heavy atom. The first kappa shape index (κ1) is 17.5. The van der Waals surface area contributed by atoms with Crippen LogP contribution < -0.4 is 0 Å². The van der Waals surface area contributed by atoms with Gasteiger partial charge in [-0.15, -0.1) is 0 Å². The molecule has 0 aliphatic heterocycles. The van der Waals surface area contributed by atoms with Crippen LogP contribution in [-0.2, 0) is 19.3 Å². The van der Waals surface area contributed by atoms with Crippen molar-refractivity contribution in [3.8, 4) is 0 Å². The Hall–Kier alpha value is -1.88. The van der Waals surface area contributed by atoms with E-state index >= 15 is 0 Å². The van der Waals surface area contributed by atoms with E-state index in [1.165, 1.54) is 12.1 Å². The van der Waals surface area contributed by atoms with Gasteiger partial charge in [0.15, 0.2) is 5.78 Å². The lowest BCUT2D eigenvalue weighted by atomic mass is 10.0. The highest BCUT2D eigenvalue weighted by atomic mass is 31.2. The van der Waals surface area contributed by atoms with E-state index in [-0.39, 0.29) is 11.3 Å². The molecule has 0 radical (unpaired) electrons. The Morgan fingerprint density at radius 2 is 1.39 bits per heavy atom. The van der Waals surface area contributed by atoms with Crippen LogP contribution in [0.25, 0.3) is 0 Å². The van der Waals surface area contributed by atoms with E-state index in [4.69, 9.17) is 0 Å². The summed E-state index contributed by atoms with van der Waals surface area (Å²) in [4.78, 5) is 12.2. The second-order valence-corrected chi connectivity index (χ2v) is 6.96. The first-order valence-corrected chi connectivity index (χ1v) is 8.19. The molecule has 0 saturated carbocycles. The van der Waals surface area contributed by atoms with Crippen LogP contribution in [0.1, 0.15) is 21.5 Å². The van der Waals surface area contributed by atoms with Crippen LogP contribution in [0.3, 0.4) is 0 Å². The summed E-state index contributed by atoms with van der Waals surface area (Å²) in [5.41, 5.74) is -3.66. The Kier molecular flexibility index (Phi) is 5.09. The number of alkyl halides is 2. The monoisotopic (exact) mass is 340 g/mol. The highest BCUT2D eigenvalue weighted by Gasteiger charge is 2.53. The fourth-order valence-electron chi connectivity index (χ4n) is 2.04. The van der Waals surface area contributed by atoms with Gasteiger partial charge in [0.25, 0.3) is 0 Å². The van der Waals surface area contributed by atoms with Crippen molar-refractivity contribution in [2.24, 2.45) is 0 Å². The molecule has 0 aliphatic rings. The maximum Gasteiger partial charge on any atom is 0.403 e. The van der Waals surface area contributed by atoms with Crippen molar-refractivity contribution in [2.45, 2.75) is 5.66 Å². The van der Waals surface area contributed by atoms with Gasteiger partial charge in [0.1, 0.15) is 0 Å². The van der Waals surface area contributed by atoms with E-state index in [0.717, 1.165) is 26.4 Å². The molecule has 0 aliphatic carbocycles. The average molecular weight is 340 g/mol. The molecule has 0 atom stereocenters. The van der Waals surface area contributed by atoms with Crippen LogP contribution in [0.5, 0.6) is 0 Å². The minimum atomic E-state index is -4.62. The van der Waals surface area contributed by atoms with E-state index in [9.17, 15) is 18.1 Å². The van der Waals surface area contributed by atoms with Gasteiger partial charge in [0, 0.05) is 30.9 Å². The molecule has 0 spiro atoms. The molecular weight excluding hydrogens is 325 g/mol. The molecule has 2 aromatic carbocycles. The van der Waals surface area contributed by atoms with Crippen molar-refractivity contribution in [3.63, 3.8) is 0 Å². The van der Waals surface area contributed by atoms with Crippen molar-refractivity contribution >= 4 is 13.4 Å². The zero-order valence-corrected chi connectivity index (χ0v) is 13.4. The smallest absolute Gasteiger partial charge is 0.308 e. The Labute approximate surface area is 132 Å². The van der Waals surface area contributed by atoms with Crippen LogP contribution in [0.15, 0.2) is 54.6 Å². The van der Waals surface area contributed by atoms with Gasteiger partial charge in [0.05, 0.1) is 0 Å². The molecule has 0 aromatic heterocycles. The molecule has 4 nitrogen and oxygen atoms in total. The van der Waals surface area contributed by atoms with Gasteiger partial charge in [-0.2, -0.15) is 8.78 Å². The number of carbonyl (C=O) groups excluding carboxylic acids is 1. The quantitative estimate of drug-likeness (QED) is 0.576. The molecule has 23 heavy (non-hydrogen) atoms. The number of rotatable bonds is 6. The normalized spacial score (nSPS) is 12.2. The van der Waals surface area contributed by atoms with Crippen LogP contribution in [-0.4, -0.2) is 20.0 Å². The molecule has 122 valence electrons. The van der Waals surface area contributed by atoms with E-state index in [1.54, 1.807) is 30.3 Å². The summed E-state index contributed by atoms with van der Waals surface area (Å²) in [6.07, 6.45) is 0.